The Morgan fingerprint density at radius 1 is 1.06 bits per heavy atom. The standard InChI is InChI=1S/C23H19N3O5/c24-10-3-11-26(17-7-9-20-21(14-17)30-13-12-29-20)22(27)15-31-23(28)19-8-6-16-4-1-2-5-18(16)25-19/h1-2,4-9,14H,3,11-13,15H2. The number of hydrogen-bond donors (Lipinski definition) is 0. The van der Waals surface area contributed by atoms with Gasteiger partial charge in [-0.15, -0.1) is 0 Å². The van der Waals surface area contributed by atoms with Crippen molar-refractivity contribution in [2.75, 3.05) is 31.3 Å². The van der Waals surface area contributed by atoms with Gasteiger partial charge in [0, 0.05) is 23.7 Å². The van der Waals surface area contributed by atoms with Crippen LogP contribution >= 0.6 is 0 Å². The number of rotatable bonds is 6. The number of ether oxygens (including phenoxy) is 3. The van der Waals surface area contributed by atoms with Gasteiger partial charge in [-0.3, -0.25) is 4.79 Å². The normalized spacial score (nSPS) is 12.1. The van der Waals surface area contributed by atoms with Crippen molar-refractivity contribution in [3.8, 4) is 17.6 Å². The number of nitrogens with zero attached hydrogens (tertiary/aromatic N) is 3. The van der Waals surface area contributed by atoms with E-state index in [9.17, 15) is 9.59 Å². The zero-order valence-electron chi connectivity index (χ0n) is 16.6. The van der Waals surface area contributed by atoms with Crippen molar-refractivity contribution in [2.45, 2.75) is 6.42 Å². The summed E-state index contributed by atoms with van der Waals surface area (Å²) in [7, 11) is 0. The molecule has 0 atom stereocenters. The molecule has 3 aromatic rings. The molecule has 1 aromatic heterocycles. The highest BCUT2D eigenvalue weighted by Crippen LogP contribution is 2.34. The number of anilines is 1. The van der Waals surface area contributed by atoms with E-state index in [1.54, 1.807) is 36.4 Å². The summed E-state index contributed by atoms with van der Waals surface area (Å²) in [6.07, 6.45) is 0.125. The number of aromatic nitrogens is 1. The molecule has 0 radical (unpaired) electrons. The van der Waals surface area contributed by atoms with Crippen LogP contribution in [0.5, 0.6) is 11.5 Å². The minimum atomic E-state index is -0.693. The molecule has 0 spiro atoms. The number of fused-ring (bicyclic) bond motifs is 2. The van der Waals surface area contributed by atoms with E-state index in [-0.39, 0.29) is 18.7 Å². The van der Waals surface area contributed by atoms with Gasteiger partial charge < -0.3 is 19.1 Å². The molecule has 1 amide bonds. The molecule has 0 N–H and O–H groups in total. The Bertz CT molecular complexity index is 1170. The molecule has 0 bridgehead atoms. The number of esters is 1. The van der Waals surface area contributed by atoms with Crippen molar-refractivity contribution >= 4 is 28.5 Å². The lowest BCUT2D eigenvalue weighted by atomic mass is 10.2. The molecule has 0 saturated heterocycles. The van der Waals surface area contributed by atoms with Crippen LogP contribution in [0.2, 0.25) is 0 Å². The monoisotopic (exact) mass is 417 g/mol. The Labute approximate surface area is 178 Å². The first kappa shape index (κ1) is 20.2. The van der Waals surface area contributed by atoms with Gasteiger partial charge in [-0.2, -0.15) is 5.26 Å². The van der Waals surface area contributed by atoms with Crippen LogP contribution in [0, 0.1) is 11.3 Å². The zero-order valence-corrected chi connectivity index (χ0v) is 16.6. The second-order valence-corrected chi connectivity index (χ2v) is 6.75. The van der Waals surface area contributed by atoms with Crippen molar-refractivity contribution in [1.29, 1.82) is 5.26 Å². The summed E-state index contributed by atoms with van der Waals surface area (Å²) in [5.41, 5.74) is 1.31. The van der Waals surface area contributed by atoms with Crippen LogP contribution < -0.4 is 14.4 Å². The number of para-hydroxylation sites is 1. The fourth-order valence-electron chi connectivity index (χ4n) is 3.22. The first-order chi connectivity index (χ1) is 15.2. The smallest absolute Gasteiger partial charge is 0.357 e. The fourth-order valence-corrected chi connectivity index (χ4v) is 3.22. The van der Waals surface area contributed by atoms with E-state index in [1.165, 1.54) is 4.90 Å². The lowest BCUT2D eigenvalue weighted by Gasteiger charge is -2.24. The van der Waals surface area contributed by atoms with Gasteiger partial charge in [0.2, 0.25) is 0 Å². The first-order valence-corrected chi connectivity index (χ1v) is 9.75. The number of hydrogen-bond acceptors (Lipinski definition) is 7. The predicted octanol–water partition coefficient (Wildman–Crippen LogP) is 3.11. The van der Waals surface area contributed by atoms with Gasteiger partial charge >= 0.3 is 5.97 Å². The number of carbonyl (C=O) groups is 2. The summed E-state index contributed by atoms with van der Waals surface area (Å²) >= 11 is 0. The van der Waals surface area contributed by atoms with Gasteiger partial charge in [-0.25, -0.2) is 9.78 Å². The molecular formula is C23H19N3O5. The van der Waals surface area contributed by atoms with E-state index in [0.717, 1.165) is 5.39 Å². The molecule has 8 heteroatoms. The highest BCUT2D eigenvalue weighted by atomic mass is 16.6. The number of carbonyl (C=O) groups excluding carboxylic acids is 2. The van der Waals surface area contributed by atoms with Gasteiger partial charge in [-0.05, 0) is 24.3 Å². The Morgan fingerprint density at radius 2 is 1.87 bits per heavy atom. The number of amides is 1. The maximum absolute atomic E-state index is 12.8. The van der Waals surface area contributed by atoms with Gasteiger partial charge in [0.15, 0.2) is 18.1 Å². The van der Waals surface area contributed by atoms with Gasteiger partial charge in [0.05, 0.1) is 18.0 Å². The van der Waals surface area contributed by atoms with Crippen LogP contribution in [-0.2, 0) is 9.53 Å². The van der Waals surface area contributed by atoms with E-state index in [0.29, 0.717) is 35.9 Å². The van der Waals surface area contributed by atoms with Crippen LogP contribution in [0.3, 0.4) is 0 Å². The van der Waals surface area contributed by atoms with Crippen LogP contribution in [-0.4, -0.2) is 43.2 Å². The number of nitriles is 1. The molecule has 0 unspecified atom stereocenters. The molecule has 2 heterocycles. The quantitative estimate of drug-likeness (QED) is 0.568. The van der Waals surface area contributed by atoms with E-state index in [1.807, 2.05) is 24.3 Å². The summed E-state index contributed by atoms with van der Waals surface area (Å²) in [4.78, 5) is 30.9. The minimum absolute atomic E-state index is 0.120. The topological polar surface area (TPSA) is 102 Å². The molecule has 0 fully saturated rings. The summed E-state index contributed by atoms with van der Waals surface area (Å²) in [5.74, 6) is -0.0325. The number of benzene rings is 2. The van der Waals surface area contributed by atoms with Gasteiger partial charge in [0.1, 0.15) is 18.9 Å². The first-order valence-electron chi connectivity index (χ1n) is 9.75. The third-order valence-electron chi connectivity index (χ3n) is 4.72. The molecule has 1 aliphatic rings. The number of pyridine rings is 1. The third kappa shape index (κ3) is 4.56. The second-order valence-electron chi connectivity index (χ2n) is 6.75. The van der Waals surface area contributed by atoms with E-state index in [4.69, 9.17) is 19.5 Å². The Kier molecular flexibility index (Phi) is 5.94. The minimum Gasteiger partial charge on any atom is -0.486 e. The van der Waals surface area contributed by atoms with Crippen LogP contribution in [0.15, 0.2) is 54.6 Å². The lowest BCUT2D eigenvalue weighted by Crippen LogP contribution is -2.35. The van der Waals surface area contributed by atoms with Crippen LogP contribution in [0.1, 0.15) is 16.9 Å². The molecular weight excluding hydrogens is 398 g/mol. The van der Waals surface area contributed by atoms with Crippen molar-refractivity contribution in [1.82, 2.24) is 4.98 Å². The third-order valence-corrected chi connectivity index (χ3v) is 4.72. The average Bonchev–Trinajstić information content (AvgIpc) is 2.82. The van der Waals surface area contributed by atoms with E-state index >= 15 is 0 Å². The largest absolute Gasteiger partial charge is 0.486 e. The van der Waals surface area contributed by atoms with Gasteiger partial charge in [0.25, 0.3) is 5.91 Å². The SMILES string of the molecule is N#CCCN(C(=O)COC(=O)c1ccc2ccccc2n1)c1ccc2c(c1)OCCO2. The molecule has 1 aliphatic heterocycles. The Hall–Kier alpha value is -4.12. The Balaban J connectivity index is 1.47. The predicted molar refractivity (Wildman–Crippen MR) is 112 cm³/mol. The fraction of sp³-hybridized carbons (Fsp3) is 0.217. The zero-order chi connectivity index (χ0) is 21.6. The maximum Gasteiger partial charge on any atom is 0.357 e. The van der Waals surface area contributed by atoms with Crippen molar-refractivity contribution in [2.24, 2.45) is 0 Å². The van der Waals surface area contributed by atoms with Crippen LogP contribution in [0.4, 0.5) is 5.69 Å². The van der Waals surface area contributed by atoms with Crippen molar-refractivity contribution in [3.63, 3.8) is 0 Å². The van der Waals surface area contributed by atoms with Crippen molar-refractivity contribution in [3.05, 3.63) is 60.3 Å². The summed E-state index contributed by atoms with van der Waals surface area (Å²) in [6.45, 7) is 0.551. The molecule has 2 aromatic carbocycles. The van der Waals surface area contributed by atoms with Crippen LogP contribution in [0.25, 0.3) is 10.9 Å². The summed E-state index contributed by atoms with van der Waals surface area (Å²) < 4.78 is 16.3. The average molecular weight is 417 g/mol. The highest BCUT2D eigenvalue weighted by molar-refractivity contribution is 5.97. The Morgan fingerprint density at radius 3 is 2.71 bits per heavy atom. The molecule has 0 saturated carbocycles. The second kappa shape index (κ2) is 9.13. The maximum atomic E-state index is 12.8. The van der Waals surface area contributed by atoms with Crippen molar-refractivity contribution < 1.29 is 23.8 Å². The van der Waals surface area contributed by atoms with E-state index < -0.39 is 18.5 Å². The highest BCUT2D eigenvalue weighted by Gasteiger charge is 2.21. The molecule has 4 rings (SSSR count). The molecule has 31 heavy (non-hydrogen) atoms. The lowest BCUT2D eigenvalue weighted by molar-refractivity contribution is -0.121. The van der Waals surface area contributed by atoms with Gasteiger partial charge in [-0.1, -0.05) is 24.3 Å². The molecule has 156 valence electrons. The van der Waals surface area contributed by atoms with E-state index in [2.05, 4.69) is 4.98 Å². The molecule has 8 nitrogen and oxygen atoms in total. The summed E-state index contributed by atoms with van der Waals surface area (Å²) in [6, 6.07) is 17.8. The summed E-state index contributed by atoms with van der Waals surface area (Å²) in [5, 5.41) is 9.86. The molecule has 0 aliphatic carbocycles.